The van der Waals surface area contributed by atoms with Crippen LogP contribution in [0.15, 0.2) is 53.3 Å². The Labute approximate surface area is 245 Å². The molecule has 2 aliphatic rings. The molecular weight excluding hydrogens is 602 g/mol. The first-order valence-electron chi connectivity index (χ1n) is 13.3. The van der Waals surface area contributed by atoms with Crippen molar-refractivity contribution >= 4 is 11.8 Å². The summed E-state index contributed by atoms with van der Waals surface area (Å²) >= 11 is 0. The van der Waals surface area contributed by atoms with E-state index in [4.69, 9.17) is 4.74 Å². The maximum Gasteiger partial charge on any atom is 0.416 e. The molecule has 0 aliphatic carbocycles. The third kappa shape index (κ3) is 6.79. The fraction of sp³-hybridized carbons (Fsp3) is 0.407. The Morgan fingerprint density at radius 2 is 1.64 bits per heavy atom. The average Bonchev–Trinajstić information content (AvgIpc) is 3.38. The molecule has 17 heteroatoms. The van der Waals surface area contributed by atoms with Gasteiger partial charge >= 0.3 is 18.0 Å². The molecule has 0 spiro atoms. The maximum absolute atomic E-state index is 13.7. The van der Waals surface area contributed by atoms with Crippen LogP contribution in [0.25, 0.3) is 0 Å². The van der Waals surface area contributed by atoms with Crippen LogP contribution in [-0.2, 0) is 46.3 Å². The van der Waals surface area contributed by atoms with E-state index in [1.54, 1.807) is 30.3 Å². The lowest BCUT2D eigenvalue weighted by Gasteiger charge is -2.53. The smallest absolute Gasteiger partial charge is 0.356 e. The number of alkyl halides is 6. The van der Waals surface area contributed by atoms with Gasteiger partial charge in [-0.2, -0.15) is 31.4 Å². The number of rotatable bonds is 8. The number of hydrogen-bond acceptors (Lipinski definition) is 7. The molecule has 11 nitrogen and oxygen atoms in total. The number of nitrogens with zero attached hydrogens (tertiary/aromatic N) is 4. The van der Waals surface area contributed by atoms with Gasteiger partial charge in [-0.3, -0.25) is 14.6 Å². The predicted octanol–water partition coefficient (Wildman–Crippen LogP) is 2.44. The summed E-state index contributed by atoms with van der Waals surface area (Å²) in [6.07, 6.45) is -13.4. The molecule has 2 amide bonds. The number of aliphatic hydroxyl groups is 1. The van der Waals surface area contributed by atoms with Gasteiger partial charge in [0.25, 0.3) is 0 Å². The highest BCUT2D eigenvalue weighted by Crippen LogP contribution is 2.37. The Morgan fingerprint density at radius 1 is 0.977 bits per heavy atom. The van der Waals surface area contributed by atoms with Crippen molar-refractivity contribution in [2.75, 3.05) is 13.1 Å². The Balaban J connectivity index is 1.41. The number of carbonyl (C=O) groups is 2. The number of hydrogen-bond donors (Lipinski definition) is 3. The van der Waals surface area contributed by atoms with E-state index in [0.29, 0.717) is 12.1 Å². The second-order valence-corrected chi connectivity index (χ2v) is 10.4. The van der Waals surface area contributed by atoms with Gasteiger partial charge in [0.05, 0.1) is 24.3 Å². The summed E-state index contributed by atoms with van der Waals surface area (Å²) in [5.41, 5.74) is -3.41. The zero-order chi connectivity index (χ0) is 31.8. The minimum absolute atomic E-state index is 0.0128. The minimum Gasteiger partial charge on any atom is -0.356 e. The van der Waals surface area contributed by atoms with Crippen LogP contribution in [0, 0.1) is 0 Å². The van der Waals surface area contributed by atoms with Crippen molar-refractivity contribution in [2.24, 2.45) is 0 Å². The topological polar surface area (TPSA) is 135 Å². The van der Waals surface area contributed by atoms with E-state index in [-0.39, 0.29) is 44.4 Å². The monoisotopic (exact) mass is 628 g/mol. The number of H-pyrrole nitrogens is 2. The van der Waals surface area contributed by atoms with Crippen molar-refractivity contribution in [1.82, 2.24) is 29.9 Å². The molecule has 2 saturated heterocycles. The number of halogens is 6. The lowest BCUT2D eigenvalue weighted by molar-refractivity contribution is -0.245. The van der Waals surface area contributed by atoms with Crippen LogP contribution >= 0.6 is 0 Å². The van der Waals surface area contributed by atoms with Crippen molar-refractivity contribution in [3.63, 3.8) is 0 Å². The number of benzene rings is 2. The number of amides is 2. The lowest BCUT2D eigenvalue weighted by atomic mass is 10.0. The number of piperazine rings is 1. The molecule has 0 bridgehead atoms. The summed E-state index contributed by atoms with van der Waals surface area (Å²) in [6.45, 7) is -0.886. The zero-order valence-corrected chi connectivity index (χ0v) is 22.7. The minimum atomic E-state index is -5.06. The van der Waals surface area contributed by atoms with Gasteiger partial charge in [-0.1, -0.05) is 30.3 Å². The zero-order valence-electron chi connectivity index (χ0n) is 22.7. The SMILES string of the molecule is O=C1[C@H](Cc2n[nH]c(=O)[nH]2)N2C(=O)CCN(C(O)OCc3cc(C(F)(F)F)cc(C(F)(F)F)c3)[C@H]2CN1Cc1ccccc1. The maximum atomic E-state index is 13.7. The number of aliphatic hydroxyl groups excluding tert-OH is 1. The van der Waals surface area contributed by atoms with Gasteiger partial charge in [0.1, 0.15) is 18.0 Å². The molecule has 3 atom stereocenters. The molecule has 1 unspecified atom stereocenters. The van der Waals surface area contributed by atoms with Gasteiger partial charge in [-0.15, -0.1) is 0 Å². The average molecular weight is 629 g/mol. The number of nitrogens with one attached hydrogen (secondary N) is 2. The highest BCUT2D eigenvalue weighted by Gasteiger charge is 2.49. The number of carbonyl (C=O) groups excluding carboxylic acids is 2. The summed E-state index contributed by atoms with van der Waals surface area (Å²) in [5, 5.41) is 17.0. The molecule has 1 aromatic heterocycles. The molecule has 3 aromatic rings. The first kappa shape index (κ1) is 31.2. The molecule has 0 radical (unpaired) electrons. The molecule has 0 saturated carbocycles. The van der Waals surface area contributed by atoms with Crippen molar-refractivity contribution in [3.05, 3.63) is 87.1 Å². The summed E-state index contributed by atoms with van der Waals surface area (Å²) in [7, 11) is 0. The van der Waals surface area contributed by atoms with Crippen LogP contribution in [-0.4, -0.2) is 78.5 Å². The Bertz CT molecular complexity index is 1530. The number of aromatic amines is 2. The van der Waals surface area contributed by atoms with Crippen LogP contribution in [0.5, 0.6) is 0 Å². The largest absolute Gasteiger partial charge is 0.416 e. The van der Waals surface area contributed by atoms with E-state index >= 15 is 0 Å². The van der Waals surface area contributed by atoms with Crippen molar-refractivity contribution < 1.29 is 45.8 Å². The van der Waals surface area contributed by atoms with E-state index in [9.17, 15) is 45.8 Å². The van der Waals surface area contributed by atoms with Crippen LogP contribution in [0.1, 0.15) is 34.5 Å². The third-order valence-corrected chi connectivity index (χ3v) is 7.38. The first-order chi connectivity index (χ1) is 20.7. The molecule has 2 aromatic carbocycles. The Morgan fingerprint density at radius 3 is 2.23 bits per heavy atom. The third-order valence-electron chi connectivity index (χ3n) is 7.38. The molecule has 3 N–H and O–H groups in total. The summed E-state index contributed by atoms with van der Waals surface area (Å²) in [4.78, 5) is 44.8. The van der Waals surface area contributed by atoms with Crippen LogP contribution in [0.3, 0.4) is 0 Å². The van der Waals surface area contributed by atoms with E-state index in [1.165, 1.54) is 14.7 Å². The van der Waals surface area contributed by atoms with Crippen LogP contribution in [0.2, 0.25) is 0 Å². The Kier molecular flexibility index (Phi) is 8.55. The fourth-order valence-electron chi connectivity index (χ4n) is 5.36. The van der Waals surface area contributed by atoms with E-state index < -0.39 is 71.8 Å². The molecule has 2 aliphatic heterocycles. The van der Waals surface area contributed by atoms with Crippen LogP contribution in [0.4, 0.5) is 26.3 Å². The molecule has 5 rings (SSSR count). The van der Waals surface area contributed by atoms with E-state index in [0.717, 1.165) is 5.56 Å². The Hall–Kier alpha value is -4.22. The summed E-state index contributed by atoms with van der Waals surface area (Å²) < 4.78 is 85.2. The highest BCUT2D eigenvalue weighted by molar-refractivity contribution is 5.90. The van der Waals surface area contributed by atoms with Crippen LogP contribution < -0.4 is 5.69 Å². The number of aromatic nitrogens is 3. The summed E-state index contributed by atoms with van der Waals surface area (Å²) in [5.74, 6) is -0.801. The second kappa shape index (κ2) is 12.0. The molecule has 3 heterocycles. The number of ether oxygens (including phenoxy) is 1. The quantitative estimate of drug-likeness (QED) is 0.258. The van der Waals surface area contributed by atoms with Gasteiger partial charge in [-0.05, 0) is 29.3 Å². The van der Waals surface area contributed by atoms with Crippen molar-refractivity contribution in [3.8, 4) is 0 Å². The van der Waals surface area contributed by atoms with Gasteiger partial charge in [0.15, 0.2) is 0 Å². The van der Waals surface area contributed by atoms with E-state index in [2.05, 4.69) is 15.2 Å². The van der Waals surface area contributed by atoms with Gasteiger partial charge in [0.2, 0.25) is 18.2 Å². The fourth-order valence-corrected chi connectivity index (χ4v) is 5.36. The molecule has 2 fully saturated rings. The van der Waals surface area contributed by atoms with E-state index in [1.807, 2.05) is 0 Å². The van der Waals surface area contributed by atoms with Gasteiger partial charge in [-0.25, -0.2) is 14.8 Å². The lowest BCUT2D eigenvalue weighted by Crippen LogP contribution is -2.72. The molecule has 44 heavy (non-hydrogen) atoms. The molecule has 236 valence electrons. The van der Waals surface area contributed by atoms with Crippen molar-refractivity contribution in [1.29, 1.82) is 0 Å². The normalized spacial score (nSPS) is 20.6. The second-order valence-electron chi connectivity index (χ2n) is 10.4. The predicted molar refractivity (Wildman–Crippen MR) is 138 cm³/mol. The molecular formula is C27H26F6N6O5. The standard InChI is InChI=1S/C27H26F6N6O5/c28-26(29,30)17-8-16(9-18(10-17)27(31,32)33)14-44-25(43)38-7-6-22(40)39-19(11-20-34-24(42)36-35-20)23(41)37(13-21(38)39)12-15-4-2-1-3-5-15/h1-5,8-10,19,21,25,43H,6-7,11-14H2,(H2,34,35,36,42)/t19-,21+,25?/m0/s1. The summed E-state index contributed by atoms with van der Waals surface area (Å²) in [6, 6.07) is 8.72. The number of fused-ring (bicyclic) bond motifs is 1. The first-order valence-corrected chi connectivity index (χ1v) is 13.3. The van der Waals surface area contributed by atoms with Gasteiger partial charge < -0.3 is 19.6 Å². The highest BCUT2D eigenvalue weighted by atomic mass is 19.4. The van der Waals surface area contributed by atoms with Gasteiger partial charge in [0, 0.05) is 25.9 Å². The van der Waals surface area contributed by atoms with Crippen molar-refractivity contribution in [2.45, 2.75) is 57.0 Å².